The van der Waals surface area contributed by atoms with E-state index in [4.69, 9.17) is 26.4 Å². The van der Waals surface area contributed by atoms with Gasteiger partial charge in [0.15, 0.2) is 16.6 Å². The second-order valence-electron chi connectivity index (χ2n) is 6.89. The van der Waals surface area contributed by atoms with Crippen molar-refractivity contribution in [2.45, 2.75) is 19.9 Å². The molecule has 0 aromatic heterocycles. The third-order valence-corrected chi connectivity index (χ3v) is 5.47. The van der Waals surface area contributed by atoms with Crippen LogP contribution >= 0.6 is 12.2 Å². The topological polar surface area (TPSA) is 60.0 Å². The van der Waals surface area contributed by atoms with Crippen LogP contribution in [0.2, 0.25) is 0 Å². The van der Waals surface area contributed by atoms with Crippen LogP contribution in [-0.4, -0.2) is 31.4 Å². The van der Waals surface area contributed by atoms with Crippen LogP contribution in [0.1, 0.15) is 24.1 Å². The molecule has 0 amide bonds. The fraction of sp³-hybridized carbons (Fsp3) is 0.273. The number of hydrogen-bond acceptors (Lipinski definition) is 5. The van der Waals surface area contributed by atoms with Crippen LogP contribution in [0.25, 0.3) is 0 Å². The SMILES string of the molecule is COC(=O)C1=C(C)N(c2ccc3c(c2)OCCO3)C(=S)NC1c1ccccc1C. The Morgan fingerprint density at radius 3 is 2.59 bits per heavy atom. The molecule has 0 bridgehead atoms. The summed E-state index contributed by atoms with van der Waals surface area (Å²) in [7, 11) is 1.39. The lowest BCUT2D eigenvalue weighted by molar-refractivity contribution is -0.136. The summed E-state index contributed by atoms with van der Waals surface area (Å²) >= 11 is 5.69. The van der Waals surface area contributed by atoms with Crippen LogP contribution in [0.15, 0.2) is 53.7 Å². The lowest BCUT2D eigenvalue weighted by atomic mass is 9.92. The van der Waals surface area contributed by atoms with Gasteiger partial charge in [-0.25, -0.2) is 4.79 Å². The minimum absolute atomic E-state index is 0.385. The van der Waals surface area contributed by atoms with Crippen molar-refractivity contribution in [2.24, 2.45) is 0 Å². The number of carbonyl (C=O) groups excluding carboxylic acids is 1. The Morgan fingerprint density at radius 1 is 1.14 bits per heavy atom. The number of anilines is 1. The highest BCUT2D eigenvalue weighted by molar-refractivity contribution is 7.80. The quantitative estimate of drug-likeness (QED) is 0.612. The Balaban J connectivity index is 1.82. The molecule has 1 atom stereocenters. The third kappa shape index (κ3) is 3.42. The van der Waals surface area contributed by atoms with E-state index in [0.717, 1.165) is 16.8 Å². The fourth-order valence-corrected chi connectivity index (χ4v) is 4.10. The van der Waals surface area contributed by atoms with Crippen molar-refractivity contribution in [2.75, 3.05) is 25.2 Å². The average Bonchev–Trinajstić information content (AvgIpc) is 2.73. The molecule has 150 valence electrons. The van der Waals surface area contributed by atoms with E-state index in [9.17, 15) is 4.79 Å². The van der Waals surface area contributed by atoms with Gasteiger partial charge in [0.05, 0.1) is 24.4 Å². The molecule has 0 saturated carbocycles. The Morgan fingerprint density at radius 2 is 1.86 bits per heavy atom. The number of allylic oxidation sites excluding steroid dienone is 1. The molecular weight excluding hydrogens is 388 g/mol. The summed E-state index contributed by atoms with van der Waals surface area (Å²) in [6.07, 6.45) is 0. The van der Waals surface area contributed by atoms with Crippen molar-refractivity contribution in [1.82, 2.24) is 5.32 Å². The summed E-state index contributed by atoms with van der Waals surface area (Å²) in [4.78, 5) is 14.6. The molecule has 1 unspecified atom stereocenters. The molecule has 29 heavy (non-hydrogen) atoms. The van der Waals surface area contributed by atoms with Crippen LogP contribution in [0.5, 0.6) is 11.5 Å². The first kappa shape index (κ1) is 19.3. The number of carbonyl (C=O) groups is 1. The first-order valence-corrected chi connectivity index (χ1v) is 9.77. The monoisotopic (exact) mass is 410 g/mol. The number of methoxy groups -OCH3 is 1. The Hall–Kier alpha value is -3.06. The summed E-state index contributed by atoms with van der Waals surface area (Å²) in [5, 5.41) is 3.82. The average molecular weight is 410 g/mol. The second-order valence-corrected chi connectivity index (χ2v) is 7.28. The van der Waals surface area contributed by atoms with Crippen molar-refractivity contribution in [3.8, 4) is 11.5 Å². The summed E-state index contributed by atoms with van der Waals surface area (Å²) in [5.74, 6) is 0.960. The molecule has 7 heteroatoms. The van der Waals surface area contributed by atoms with Crippen LogP contribution in [0.3, 0.4) is 0 Å². The maximum absolute atomic E-state index is 12.8. The minimum Gasteiger partial charge on any atom is -0.486 e. The van der Waals surface area contributed by atoms with Crippen LogP contribution in [0, 0.1) is 6.92 Å². The van der Waals surface area contributed by atoms with Gasteiger partial charge in [0.2, 0.25) is 0 Å². The van der Waals surface area contributed by atoms with Crippen molar-refractivity contribution in [3.63, 3.8) is 0 Å². The van der Waals surface area contributed by atoms with E-state index in [2.05, 4.69) is 5.32 Å². The summed E-state index contributed by atoms with van der Waals surface area (Å²) < 4.78 is 16.4. The molecule has 4 rings (SSSR count). The number of rotatable bonds is 3. The predicted molar refractivity (Wildman–Crippen MR) is 114 cm³/mol. The van der Waals surface area contributed by atoms with Crippen LogP contribution in [-0.2, 0) is 9.53 Å². The number of aryl methyl sites for hydroxylation is 1. The third-order valence-electron chi connectivity index (χ3n) is 5.17. The highest BCUT2D eigenvalue weighted by Crippen LogP contribution is 2.39. The second kappa shape index (κ2) is 7.75. The molecule has 2 aliphatic heterocycles. The zero-order chi connectivity index (χ0) is 20.5. The summed E-state index contributed by atoms with van der Waals surface area (Å²) in [6.45, 7) is 4.91. The van der Waals surface area contributed by atoms with Crippen LogP contribution in [0.4, 0.5) is 5.69 Å². The van der Waals surface area contributed by atoms with E-state index < -0.39 is 5.97 Å². The molecule has 1 N–H and O–H groups in total. The van der Waals surface area contributed by atoms with E-state index in [0.29, 0.717) is 41.1 Å². The molecule has 2 aliphatic rings. The predicted octanol–water partition coefficient (Wildman–Crippen LogP) is 3.65. The molecule has 0 spiro atoms. The zero-order valence-corrected chi connectivity index (χ0v) is 17.3. The number of thiocarbonyl (C=S) groups is 1. The number of nitrogens with one attached hydrogen (secondary N) is 1. The van der Waals surface area contributed by atoms with Gasteiger partial charge in [-0.05, 0) is 49.3 Å². The Bertz CT molecular complexity index is 1020. The molecule has 2 aromatic rings. The molecule has 2 heterocycles. The van der Waals surface area contributed by atoms with E-state index in [1.54, 1.807) is 0 Å². The fourth-order valence-electron chi connectivity index (χ4n) is 3.74. The van der Waals surface area contributed by atoms with Crippen molar-refractivity contribution in [3.05, 3.63) is 64.9 Å². The largest absolute Gasteiger partial charge is 0.486 e. The lowest BCUT2D eigenvalue weighted by Gasteiger charge is -2.38. The first-order valence-electron chi connectivity index (χ1n) is 9.36. The maximum atomic E-state index is 12.8. The Labute approximate surface area is 175 Å². The van der Waals surface area contributed by atoms with Crippen molar-refractivity contribution in [1.29, 1.82) is 0 Å². The number of hydrogen-bond donors (Lipinski definition) is 1. The smallest absolute Gasteiger partial charge is 0.337 e. The van der Waals surface area contributed by atoms with Gasteiger partial charge in [-0.15, -0.1) is 0 Å². The molecule has 0 aliphatic carbocycles. The molecular formula is C22H22N2O4S. The van der Waals surface area contributed by atoms with Gasteiger partial charge in [0, 0.05) is 11.8 Å². The highest BCUT2D eigenvalue weighted by atomic mass is 32.1. The molecule has 2 aromatic carbocycles. The summed E-state index contributed by atoms with van der Waals surface area (Å²) in [6, 6.07) is 13.2. The van der Waals surface area contributed by atoms with Gasteiger partial charge in [-0.2, -0.15) is 0 Å². The number of ether oxygens (including phenoxy) is 3. The van der Waals surface area contributed by atoms with Gasteiger partial charge >= 0.3 is 5.97 Å². The molecule has 0 saturated heterocycles. The van der Waals surface area contributed by atoms with Gasteiger partial charge in [0.1, 0.15) is 13.2 Å². The van der Waals surface area contributed by atoms with Crippen molar-refractivity contribution < 1.29 is 19.0 Å². The number of fused-ring (bicyclic) bond motifs is 1. The highest BCUT2D eigenvalue weighted by Gasteiger charge is 2.36. The minimum atomic E-state index is -0.395. The van der Waals surface area contributed by atoms with Gasteiger partial charge in [-0.3, -0.25) is 4.90 Å². The first-order chi connectivity index (χ1) is 14.0. The van der Waals surface area contributed by atoms with Crippen molar-refractivity contribution >= 4 is 29.0 Å². The maximum Gasteiger partial charge on any atom is 0.337 e. The summed E-state index contributed by atoms with van der Waals surface area (Å²) in [5.41, 5.74) is 4.07. The zero-order valence-electron chi connectivity index (χ0n) is 16.5. The van der Waals surface area contributed by atoms with E-state index in [1.807, 2.05) is 61.2 Å². The van der Waals surface area contributed by atoms with E-state index >= 15 is 0 Å². The molecule has 0 fully saturated rings. The number of benzene rings is 2. The van der Waals surface area contributed by atoms with E-state index in [-0.39, 0.29) is 6.04 Å². The van der Waals surface area contributed by atoms with E-state index in [1.165, 1.54) is 7.11 Å². The van der Waals surface area contributed by atoms with Gasteiger partial charge in [0.25, 0.3) is 0 Å². The van der Waals surface area contributed by atoms with Gasteiger partial charge in [-0.1, -0.05) is 24.3 Å². The van der Waals surface area contributed by atoms with Gasteiger partial charge < -0.3 is 19.5 Å². The number of esters is 1. The normalized spacial score (nSPS) is 18.4. The van der Waals surface area contributed by atoms with Crippen LogP contribution < -0.4 is 19.7 Å². The number of nitrogens with zero attached hydrogens (tertiary/aromatic N) is 1. The molecule has 0 radical (unpaired) electrons. The standard InChI is InChI=1S/C22H22N2O4S/c1-13-6-4-5-7-16(13)20-19(21(25)26-3)14(2)24(22(29)23-20)15-8-9-17-18(12-15)28-11-10-27-17/h4-9,12,20H,10-11H2,1-3H3,(H,23,29). The molecule has 6 nitrogen and oxygen atoms in total. The lowest BCUT2D eigenvalue weighted by Crippen LogP contribution is -2.48. The Kier molecular flexibility index (Phi) is 5.15.